The Balaban J connectivity index is 2.19. The number of halogens is 4. The van der Waals surface area contributed by atoms with E-state index in [1.54, 1.807) is 36.4 Å². The summed E-state index contributed by atoms with van der Waals surface area (Å²) in [5.41, 5.74) is 1.00. The standard InChI is InChI=1S/C24H30F4O4S/c1-23(2,3)17-31-13-8-14-33(29,30)16-21(18-9-5-4-6-10-18)19-11-7-12-20(15-19)32-24(27,28)22(25)26/h4-7,9-12,15,21-22H,8,13-14,16-17H2,1-3H3. The van der Waals surface area contributed by atoms with Crippen molar-refractivity contribution in [2.75, 3.05) is 24.7 Å². The molecule has 0 aliphatic rings. The normalized spacial score (nSPS) is 13.8. The zero-order valence-corrected chi connectivity index (χ0v) is 19.8. The van der Waals surface area contributed by atoms with Gasteiger partial charge in [0.2, 0.25) is 0 Å². The third-order valence-electron chi connectivity index (χ3n) is 4.67. The minimum absolute atomic E-state index is 0.0223. The fourth-order valence-electron chi connectivity index (χ4n) is 3.16. The largest absolute Gasteiger partial charge is 0.461 e. The summed E-state index contributed by atoms with van der Waals surface area (Å²) in [7, 11) is -3.54. The van der Waals surface area contributed by atoms with Crippen LogP contribution in [0.15, 0.2) is 54.6 Å². The molecule has 0 heterocycles. The van der Waals surface area contributed by atoms with Crippen LogP contribution in [-0.4, -0.2) is 45.7 Å². The van der Waals surface area contributed by atoms with Crippen LogP contribution in [0, 0.1) is 5.41 Å². The smallest absolute Gasteiger partial charge is 0.428 e. The Morgan fingerprint density at radius 2 is 1.58 bits per heavy atom. The van der Waals surface area contributed by atoms with Gasteiger partial charge in [0.15, 0.2) is 9.84 Å². The molecular formula is C24H30F4O4S. The Labute approximate surface area is 192 Å². The summed E-state index contributed by atoms with van der Waals surface area (Å²) in [5.74, 6) is -1.52. The molecule has 1 atom stereocenters. The average Bonchev–Trinajstić information content (AvgIpc) is 2.71. The predicted octanol–water partition coefficient (Wildman–Crippen LogP) is 5.92. The van der Waals surface area contributed by atoms with Crippen molar-refractivity contribution < 1.29 is 35.5 Å². The lowest BCUT2D eigenvalue weighted by Crippen LogP contribution is -2.33. The van der Waals surface area contributed by atoms with E-state index in [0.717, 1.165) is 6.07 Å². The summed E-state index contributed by atoms with van der Waals surface area (Å²) in [6, 6.07) is 13.9. The average molecular weight is 491 g/mol. The summed E-state index contributed by atoms with van der Waals surface area (Å²) in [4.78, 5) is 0. The topological polar surface area (TPSA) is 52.6 Å². The summed E-state index contributed by atoms with van der Waals surface area (Å²) < 4.78 is 87.2. The van der Waals surface area contributed by atoms with Gasteiger partial charge in [0.05, 0.1) is 18.1 Å². The molecule has 2 rings (SSSR count). The molecule has 0 aromatic heterocycles. The first kappa shape index (κ1) is 27.1. The molecule has 0 saturated carbocycles. The molecule has 2 aromatic carbocycles. The number of hydrogen-bond donors (Lipinski definition) is 0. The fourth-order valence-corrected chi connectivity index (χ4v) is 4.78. The van der Waals surface area contributed by atoms with Crippen molar-refractivity contribution in [2.45, 2.75) is 45.6 Å². The molecule has 33 heavy (non-hydrogen) atoms. The minimum Gasteiger partial charge on any atom is -0.428 e. The van der Waals surface area contributed by atoms with Crippen molar-refractivity contribution >= 4 is 9.84 Å². The van der Waals surface area contributed by atoms with Gasteiger partial charge in [-0.05, 0) is 35.1 Å². The van der Waals surface area contributed by atoms with Gasteiger partial charge in [-0.25, -0.2) is 8.42 Å². The summed E-state index contributed by atoms with van der Waals surface area (Å²) in [5, 5.41) is 0. The lowest BCUT2D eigenvalue weighted by atomic mass is 9.93. The van der Waals surface area contributed by atoms with Crippen LogP contribution in [0.25, 0.3) is 0 Å². The SMILES string of the molecule is CC(C)(C)COCCCS(=O)(=O)CC(c1ccccc1)c1cccc(OC(F)(F)C(F)F)c1. The lowest BCUT2D eigenvalue weighted by Gasteiger charge is -2.21. The van der Waals surface area contributed by atoms with Gasteiger partial charge in [0, 0.05) is 12.5 Å². The van der Waals surface area contributed by atoms with Crippen LogP contribution in [0.5, 0.6) is 5.75 Å². The number of sulfone groups is 1. The number of alkyl halides is 4. The highest BCUT2D eigenvalue weighted by Gasteiger charge is 2.44. The van der Waals surface area contributed by atoms with Crippen LogP contribution < -0.4 is 4.74 Å². The quantitative estimate of drug-likeness (QED) is 0.274. The Hall–Kier alpha value is -2.13. The van der Waals surface area contributed by atoms with Gasteiger partial charge in [0.25, 0.3) is 0 Å². The van der Waals surface area contributed by atoms with E-state index in [9.17, 15) is 26.0 Å². The van der Waals surface area contributed by atoms with E-state index in [4.69, 9.17) is 4.74 Å². The molecule has 0 N–H and O–H groups in total. The maximum atomic E-state index is 13.4. The van der Waals surface area contributed by atoms with Crippen molar-refractivity contribution in [3.05, 3.63) is 65.7 Å². The molecule has 0 saturated heterocycles. The summed E-state index contributed by atoms with van der Waals surface area (Å²) in [6.07, 6.45) is -8.32. The molecule has 0 amide bonds. The van der Waals surface area contributed by atoms with E-state index in [1.165, 1.54) is 12.1 Å². The van der Waals surface area contributed by atoms with E-state index < -0.39 is 34.0 Å². The molecule has 184 valence electrons. The molecule has 2 aromatic rings. The molecule has 0 aliphatic heterocycles. The van der Waals surface area contributed by atoms with Crippen LogP contribution in [0.1, 0.15) is 44.2 Å². The fraction of sp³-hybridized carbons (Fsp3) is 0.500. The number of ether oxygens (including phenoxy) is 2. The Kier molecular flexibility index (Phi) is 9.31. The number of rotatable bonds is 12. The second-order valence-electron chi connectivity index (χ2n) is 9.08. The Morgan fingerprint density at radius 1 is 0.939 bits per heavy atom. The monoisotopic (exact) mass is 490 g/mol. The van der Waals surface area contributed by atoms with E-state index >= 15 is 0 Å². The van der Waals surface area contributed by atoms with Crippen LogP contribution >= 0.6 is 0 Å². The highest BCUT2D eigenvalue weighted by molar-refractivity contribution is 7.91. The molecule has 0 radical (unpaired) electrons. The van der Waals surface area contributed by atoms with Gasteiger partial charge >= 0.3 is 12.5 Å². The van der Waals surface area contributed by atoms with Gasteiger partial charge in [-0.2, -0.15) is 17.6 Å². The van der Waals surface area contributed by atoms with E-state index in [2.05, 4.69) is 4.74 Å². The maximum absolute atomic E-state index is 13.4. The first-order valence-electron chi connectivity index (χ1n) is 10.6. The molecule has 9 heteroatoms. The number of benzene rings is 2. The first-order chi connectivity index (χ1) is 15.3. The molecular weight excluding hydrogens is 460 g/mol. The number of hydrogen-bond acceptors (Lipinski definition) is 4. The zero-order chi connectivity index (χ0) is 24.7. The van der Waals surface area contributed by atoms with Gasteiger partial charge in [-0.3, -0.25) is 0 Å². The first-order valence-corrected chi connectivity index (χ1v) is 12.4. The molecule has 0 fully saturated rings. The van der Waals surface area contributed by atoms with Crippen molar-refractivity contribution in [1.29, 1.82) is 0 Å². The molecule has 4 nitrogen and oxygen atoms in total. The van der Waals surface area contributed by atoms with E-state index in [-0.39, 0.29) is 16.9 Å². The Bertz CT molecular complexity index is 973. The second-order valence-corrected chi connectivity index (χ2v) is 11.3. The van der Waals surface area contributed by atoms with E-state index in [1.807, 2.05) is 20.8 Å². The zero-order valence-electron chi connectivity index (χ0n) is 18.9. The third kappa shape index (κ3) is 9.33. The van der Waals surface area contributed by atoms with Crippen LogP contribution in [0.2, 0.25) is 0 Å². The minimum atomic E-state index is -4.65. The highest BCUT2D eigenvalue weighted by Crippen LogP contribution is 2.32. The van der Waals surface area contributed by atoms with Crippen LogP contribution in [0.3, 0.4) is 0 Å². The third-order valence-corrected chi connectivity index (χ3v) is 6.42. The van der Waals surface area contributed by atoms with E-state index in [0.29, 0.717) is 30.8 Å². The van der Waals surface area contributed by atoms with Crippen molar-refractivity contribution in [1.82, 2.24) is 0 Å². The Morgan fingerprint density at radius 3 is 2.18 bits per heavy atom. The van der Waals surface area contributed by atoms with Crippen molar-refractivity contribution in [3.63, 3.8) is 0 Å². The van der Waals surface area contributed by atoms with Crippen LogP contribution in [0.4, 0.5) is 17.6 Å². The highest BCUT2D eigenvalue weighted by atomic mass is 32.2. The molecule has 0 aliphatic carbocycles. The molecule has 0 spiro atoms. The van der Waals surface area contributed by atoms with Crippen molar-refractivity contribution in [3.8, 4) is 5.75 Å². The summed E-state index contributed by atoms with van der Waals surface area (Å²) >= 11 is 0. The van der Waals surface area contributed by atoms with Gasteiger partial charge < -0.3 is 9.47 Å². The van der Waals surface area contributed by atoms with Crippen molar-refractivity contribution in [2.24, 2.45) is 5.41 Å². The van der Waals surface area contributed by atoms with Crippen LogP contribution in [-0.2, 0) is 14.6 Å². The van der Waals surface area contributed by atoms with Gasteiger partial charge in [0.1, 0.15) is 5.75 Å². The second kappa shape index (κ2) is 11.3. The molecule has 0 bridgehead atoms. The molecule has 1 unspecified atom stereocenters. The lowest BCUT2D eigenvalue weighted by molar-refractivity contribution is -0.253. The summed E-state index contributed by atoms with van der Waals surface area (Å²) in [6.45, 7) is 6.86. The van der Waals surface area contributed by atoms with Gasteiger partial charge in [-0.15, -0.1) is 0 Å². The predicted molar refractivity (Wildman–Crippen MR) is 120 cm³/mol. The van der Waals surface area contributed by atoms with Gasteiger partial charge in [-0.1, -0.05) is 63.2 Å². The maximum Gasteiger partial charge on any atom is 0.461 e.